The average molecular weight is 898 g/mol. The predicted molar refractivity (Wildman–Crippen MR) is 248 cm³/mol. The Morgan fingerprint density at radius 1 is 0.758 bits per heavy atom. The quantitative estimate of drug-likeness (QED) is 0.0768. The van der Waals surface area contributed by atoms with Crippen molar-refractivity contribution in [1.29, 1.82) is 0 Å². The van der Waals surface area contributed by atoms with Gasteiger partial charge in [-0.15, -0.1) is 0 Å². The molecule has 66 heavy (non-hydrogen) atoms. The summed E-state index contributed by atoms with van der Waals surface area (Å²) >= 11 is 0. The maximum absolute atomic E-state index is 13.1. The molecule has 1 saturated heterocycles. The number of benzene rings is 5. The number of rotatable bonds is 15. The number of carbonyl (C=O) groups excluding carboxylic acids is 1. The van der Waals surface area contributed by atoms with Crippen LogP contribution in [0.15, 0.2) is 107 Å². The van der Waals surface area contributed by atoms with Crippen molar-refractivity contribution in [3.8, 4) is 74.0 Å². The zero-order valence-corrected chi connectivity index (χ0v) is 37.5. The summed E-state index contributed by atoms with van der Waals surface area (Å²) in [6, 6.07) is 27.5. The number of aromatic amines is 1. The molecule has 0 spiro atoms. The van der Waals surface area contributed by atoms with E-state index in [1.54, 1.807) is 36.5 Å². The molecule has 342 valence electrons. The van der Waals surface area contributed by atoms with Crippen molar-refractivity contribution in [2.45, 2.75) is 32.9 Å². The summed E-state index contributed by atoms with van der Waals surface area (Å²) < 4.78 is 34.8. The summed E-state index contributed by atoms with van der Waals surface area (Å²) in [6.07, 6.45) is 0.944. The summed E-state index contributed by atoms with van der Waals surface area (Å²) in [4.78, 5) is 30.7. The van der Waals surface area contributed by atoms with Gasteiger partial charge in [-0.05, 0) is 82.8 Å². The van der Waals surface area contributed by atoms with Crippen molar-refractivity contribution in [2.24, 2.45) is 0 Å². The maximum Gasteiger partial charge on any atom is 0.412 e. The lowest BCUT2D eigenvalue weighted by Gasteiger charge is -2.36. The molecule has 1 aliphatic rings. The lowest BCUT2D eigenvalue weighted by Crippen LogP contribution is -2.45. The van der Waals surface area contributed by atoms with E-state index in [0.717, 1.165) is 49.5 Å². The normalized spacial score (nSPS) is 12.9. The van der Waals surface area contributed by atoms with E-state index in [2.05, 4.69) is 30.5 Å². The Bertz CT molecular complexity index is 2860. The molecule has 0 unspecified atom stereocenters. The molecule has 5 aromatic carbocycles. The number of hydrogen-bond donors (Lipinski definition) is 4. The molecule has 17 nitrogen and oxygen atoms in total. The third-order valence-corrected chi connectivity index (χ3v) is 11.6. The van der Waals surface area contributed by atoms with Crippen molar-refractivity contribution < 1.29 is 43.2 Å². The Hall–Kier alpha value is -7.92. The van der Waals surface area contributed by atoms with Crippen LogP contribution in [0.3, 0.4) is 0 Å². The Morgan fingerprint density at radius 2 is 1.42 bits per heavy atom. The number of phenols is 2. The maximum atomic E-state index is 13.1. The first-order chi connectivity index (χ1) is 32.0. The van der Waals surface area contributed by atoms with Crippen LogP contribution in [0.2, 0.25) is 0 Å². The molecule has 2 aromatic heterocycles. The number of amides is 1. The Morgan fingerprint density at radius 3 is 2.08 bits per heavy atom. The van der Waals surface area contributed by atoms with Gasteiger partial charge in [0.15, 0.2) is 23.1 Å². The van der Waals surface area contributed by atoms with E-state index in [0.29, 0.717) is 68.0 Å². The highest BCUT2D eigenvalue weighted by Gasteiger charge is 2.23. The molecule has 4 N–H and O–H groups in total. The van der Waals surface area contributed by atoms with Gasteiger partial charge in [-0.3, -0.25) is 10.2 Å². The van der Waals surface area contributed by atoms with Gasteiger partial charge in [-0.25, -0.2) is 19.3 Å². The Kier molecular flexibility index (Phi) is 13.2. The number of methoxy groups -OCH3 is 4. The van der Waals surface area contributed by atoms with Gasteiger partial charge in [0, 0.05) is 55.6 Å². The standard InChI is InChI=1S/C49H51N7O10/c1-29(2)36-24-37(41(58)25-40(36)57)47-52-53-48(59)56(47)35-14-7-30(8-15-35)27-54-17-19-55(20-18-54)34-12-9-31(10-13-34)28-65-49(60)51-39-21-32(11-16-42(39)61-3)38-26-50-66-45(38)33-22-43(62-4)46(64-6)44(23-33)63-5/h7-16,21-26,29,57-58H,17-20,27-28H2,1-6H3,(H,51,60)(H,53,59). The molecule has 1 fully saturated rings. The van der Waals surface area contributed by atoms with Crippen LogP contribution in [0.4, 0.5) is 16.2 Å². The second-order valence-electron chi connectivity index (χ2n) is 16.0. The van der Waals surface area contributed by atoms with Crippen LogP contribution in [-0.4, -0.2) is 95.7 Å². The number of hydrogen-bond acceptors (Lipinski definition) is 14. The van der Waals surface area contributed by atoms with E-state index < -0.39 is 11.8 Å². The highest BCUT2D eigenvalue weighted by atomic mass is 16.5. The fraction of sp³-hybridized carbons (Fsp3) is 0.265. The molecule has 17 heteroatoms. The molecule has 0 atom stereocenters. The van der Waals surface area contributed by atoms with Gasteiger partial charge >= 0.3 is 11.8 Å². The van der Waals surface area contributed by atoms with Gasteiger partial charge in [-0.2, -0.15) is 5.10 Å². The molecular weight excluding hydrogens is 847 g/mol. The number of H-pyrrole nitrogens is 1. The second kappa shape index (κ2) is 19.4. The molecule has 3 heterocycles. The lowest BCUT2D eigenvalue weighted by atomic mass is 9.98. The molecule has 0 saturated carbocycles. The summed E-state index contributed by atoms with van der Waals surface area (Å²) in [5.41, 5.74) is 6.57. The first-order valence-electron chi connectivity index (χ1n) is 21.2. The van der Waals surface area contributed by atoms with Crippen LogP contribution in [-0.2, 0) is 17.9 Å². The highest BCUT2D eigenvalue weighted by Crippen LogP contribution is 2.44. The summed E-state index contributed by atoms with van der Waals surface area (Å²) in [5, 5.41) is 34.6. The van der Waals surface area contributed by atoms with Crippen LogP contribution in [0, 0.1) is 0 Å². The third kappa shape index (κ3) is 9.32. The molecule has 0 radical (unpaired) electrons. The summed E-state index contributed by atoms with van der Waals surface area (Å²) in [6.45, 7) is 8.04. The molecule has 1 amide bonds. The first-order valence-corrected chi connectivity index (χ1v) is 21.2. The number of carbonyl (C=O) groups is 1. The minimum Gasteiger partial charge on any atom is -0.508 e. The summed E-state index contributed by atoms with van der Waals surface area (Å²) in [5.74, 6) is 2.33. The smallest absolute Gasteiger partial charge is 0.412 e. The first kappa shape index (κ1) is 44.7. The van der Waals surface area contributed by atoms with Crippen LogP contribution in [0.5, 0.6) is 34.5 Å². The van der Waals surface area contributed by atoms with Crippen LogP contribution in [0.1, 0.15) is 36.5 Å². The van der Waals surface area contributed by atoms with E-state index in [1.807, 2.05) is 68.4 Å². The van der Waals surface area contributed by atoms with Gasteiger partial charge in [-0.1, -0.05) is 49.3 Å². The molecule has 8 rings (SSSR count). The third-order valence-electron chi connectivity index (χ3n) is 11.6. The van der Waals surface area contributed by atoms with Gasteiger partial charge in [0.05, 0.1) is 51.6 Å². The van der Waals surface area contributed by atoms with Gasteiger partial charge in [0.1, 0.15) is 23.9 Å². The van der Waals surface area contributed by atoms with Crippen molar-refractivity contribution in [3.05, 3.63) is 124 Å². The molecule has 7 aromatic rings. The highest BCUT2D eigenvalue weighted by molar-refractivity contribution is 5.90. The van der Waals surface area contributed by atoms with Crippen LogP contribution in [0.25, 0.3) is 39.5 Å². The Labute approximate surface area is 380 Å². The molecular formula is C49H51N7O10. The second-order valence-corrected chi connectivity index (χ2v) is 16.0. The fourth-order valence-corrected chi connectivity index (χ4v) is 8.06. The number of phenolic OH excluding ortho intramolecular Hbond substituents is 2. The van der Waals surface area contributed by atoms with E-state index in [4.69, 9.17) is 28.2 Å². The van der Waals surface area contributed by atoms with Crippen molar-refractivity contribution in [2.75, 3.05) is 64.8 Å². The van der Waals surface area contributed by atoms with E-state index in [9.17, 15) is 19.8 Å². The monoisotopic (exact) mass is 897 g/mol. The molecule has 1 aliphatic heterocycles. The minimum absolute atomic E-state index is 0.00474. The largest absolute Gasteiger partial charge is 0.508 e. The SMILES string of the molecule is COc1ccc(-c2cnoc2-c2cc(OC)c(OC)c(OC)c2)cc1NC(=O)OCc1ccc(N2CCN(Cc3ccc(-n4c(-c5cc(C(C)C)c(O)cc5O)n[nH]c4=O)cc3)CC2)cc1. The number of nitrogens with one attached hydrogen (secondary N) is 2. The summed E-state index contributed by atoms with van der Waals surface area (Å²) in [7, 11) is 6.13. The average Bonchev–Trinajstić information content (AvgIpc) is 3.98. The number of aromatic hydroxyl groups is 2. The molecule has 0 bridgehead atoms. The number of ether oxygens (including phenoxy) is 5. The van der Waals surface area contributed by atoms with Gasteiger partial charge in [0.2, 0.25) is 5.75 Å². The zero-order chi connectivity index (χ0) is 46.5. The van der Waals surface area contributed by atoms with E-state index in [-0.39, 0.29) is 29.8 Å². The van der Waals surface area contributed by atoms with Crippen LogP contribution < -0.4 is 34.9 Å². The van der Waals surface area contributed by atoms with E-state index in [1.165, 1.54) is 39.1 Å². The number of piperazine rings is 1. The lowest BCUT2D eigenvalue weighted by molar-refractivity contribution is 0.155. The molecule has 0 aliphatic carbocycles. The fourth-order valence-electron chi connectivity index (χ4n) is 8.06. The van der Waals surface area contributed by atoms with Crippen molar-refractivity contribution in [1.82, 2.24) is 24.8 Å². The predicted octanol–water partition coefficient (Wildman–Crippen LogP) is 8.19. The van der Waals surface area contributed by atoms with E-state index >= 15 is 0 Å². The minimum atomic E-state index is -0.648. The van der Waals surface area contributed by atoms with Crippen molar-refractivity contribution >= 4 is 17.5 Å². The topological polar surface area (TPSA) is 199 Å². The van der Waals surface area contributed by atoms with Gasteiger partial charge < -0.3 is 43.3 Å². The number of nitrogens with zero attached hydrogens (tertiary/aromatic N) is 5. The number of aromatic nitrogens is 4. The Balaban J connectivity index is 0.847. The zero-order valence-electron chi connectivity index (χ0n) is 37.5. The van der Waals surface area contributed by atoms with Gasteiger partial charge in [0.25, 0.3) is 0 Å². The van der Waals surface area contributed by atoms with Crippen molar-refractivity contribution in [3.63, 3.8) is 0 Å². The van der Waals surface area contributed by atoms with Crippen LogP contribution >= 0.6 is 0 Å². The number of anilines is 2.